The molecule has 1 N–H and O–H groups in total. The van der Waals surface area contributed by atoms with E-state index in [-0.39, 0.29) is 5.91 Å². The van der Waals surface area contributed by atoms with E-state index in [0.29, 0.717) is 5.75 Å². The van der Waals surface area contributed by atoms with Gasteiger partial charge in [0.1, 0.15) is 0 Å². The zero-order chi connectivity index (χ0) is 14.2. The molecule has 20 heavy (non-hydrogen) atoms. The molecule has 2 aromatic rings. The van der Waals surface area contributed by atoms with Crippen LogP contribution in [0.15, 0.2) is 41.8 Å². The van der Waals surface area contributed by atoms with Crippen LogP contribution in [0.4, 0.5) is 0 Å². The standard InChI is InChI=1S/C16H19NOS2/c1-13-4-2-5-14(10-13)11-19-12-16(18)17-8-7-15-6-3-9-20-15/h2-6,9-10H,7-8,11-12H2,1H3,(H,17,18). The van der Waals surface area contributed by atoms with Crippen molar-refractivity contribution in [3.63, 3.8) is 0 Å². The molecule has 0 bridgehead atoms. The lowest BCUT2D eigenvalue weighted by atomic mass is 10.2. The molecule has 2 rings (SSSR count). The highest BCUT2D eigenvalue weighted by Crippen LogP contribution is 2.13. The van der Waals surface area contributed by atoms with E-state index in [0.717, 1.165) is 18.7 Å². The Balaban J connectivity index is 1.60. The van der Waals surface area contributed by atoms with Crippen LogP contribution in [0.25, 0.3) is 0 Å². The molecule has 0 aliphatic rings. The van der Waals surface area contributed by atoms with Crippen LogP contribution in [0.3, 0.4) is 0 Å². The van der Waals surface area contributed by atoms with Gasteiger partial charge in [-0.2, -0.15) is 0 Å². The first-order valence-electron chi connectivity index (χ1n) is 6.66. The van der Waals surface area contributed by atoms with Crippen molar-refractivity contribution in [1.29, 1.82) is 0 Å². The topological polar surface area (TPSA) is 29.1 Å². The van der Waals surface area contributed by atoms with Crippen molar-refractivity contribution in [3.05, 3.63) is 57.8 Å². The van der Waals surface area contributed by atoms with Crippen LogP contribution < -0.4 is 5.32 Å². The van der Waals surface area contributed by atoms with Gasteiger partial charge in [-0.1, -0.05) is 35.9 Å². The maximum atomic E-state index is 11.7. The number of carbonyl (C=O) groups excluding carboxylic acids is 1. The fourth-order valence-electron chi connectivity index (χ4n) is 1.89. The summed E-state index contributed by atoms with van der Waals surface area (Å²) in [7, 11) is 0. The highest BCUT2D eigenvalue weighted by molar-refractivity contribution is 7.99. The average molecular weight is 305 g/mol. The zero-order valence-electron chi connectivity index (χ0n) is 11.6. The van der Waals surface area contributed by atoms with E-state index in [1.54, 1.807) is 23.1 Å². The number of hydrogen-bond acceptors (Lipinski definition) is 3. The molecule has 0 saturated carbocycles. The summed E-state index contributed by atoms with van der Waals surface area (Å²) in [6.07, 6.45) is 0.923. The van der Waals surface area contributed by atoms with Gasteiger partial charge in [-0.05, 0) is 30.4 Å². The van der Waals surface area contributed by atoms with Gasteiger partial charge in [0.25, 0.3) is 0 Å². The first-order chi connectivity index (χ1) is 9.74. The second-order valence-electron chi connectivity index (χ2n) is 4.66. The molecular weight excluding hydrogens is 286 g/mol. The summed E-state index contributed by atoms with van der Waals surface area (Å²) in [6, 6.07) is 12.6. The Morgan fingerprint density at radius 1 is 1.30 bits per heavy atom. The van der Waals surface area contributed by atoms with Crippen LogP contribution in [0.1, 0.15) is 16.0 Å². The molecule has 1 aromatic heterocycles. The summed E-state index contributed by atoms with van der Waals surface area (Å²) in [4.78, 5) is 13.0. The molecule has 1 heterocycles. The maximum absolute atomic E-state index is 11.7. The Hall–Kier alpha value is -1.26. The molecule has 106 valence electrons. The molecule has 0 aliphatic carbocycles. The molecule has 0 atom stereocenters. The van der Waals surface area contributed by atoms with Gasteiger partial charge in [0.05, 0.1) is 5.75 Å². The van der Waals surface area contributed by atoms with E-state index in [9.17, 15) is 4.79 Å². The lowest BCUT2D eigenvalue weighted by molar-refractivity contribution is -0.118. The van der Waals surface area contributed by atoms with Crippen LogP contribution in [-0.2, 0) is 17.0 Å². The smallest absolute Gasteiger partial charge is 0.230 e. The Morgan fingerprint density at radius 2 is 2.20 bits per heavy atom. The Morgan fingerprint density at radius 3 is 2.95 bits per heavy atom. The number of aryl methyl sites for hydroxylation is 1. The van der Waals surface area contributed by atoms with Gasteiger partial charge in [-0.25, -0.2) is 0 Å². The quantitative estimate of drug-likeness (QED) is 0.846. The highest BCUT2D eigenvalue weighted by Gasteiger charge is 2.02. The van der Waals surface area contributed by atoms with E-state index in [1.807, 2.05) is 6.07 Å². The molecular formula is C16H19NOS2. The van der Waals surface area contributed by atoms with E-state index < -0.39 is 0 Å². The summed E-state index contributed by atoms with van der Waals surface area (Å²) in [6.45, 7) is 2.82. The van der Waals surface area contributed by atoms with Crippen molar-refractivity contribution in [3.8, 4) is 0 Å². The number of hydrogen-bond donors (Lipinski definition) is 1. The van der Waals surface area contributed by atoms with Crippen molar-refractivity contribution in [2.45, 2.75) is 19.1 Å². The summed E-state index contributed by atoms with van der Waals surface area (Å²) in [5.74, 6) is 1.54. The minimum Gasteiger partial charge on any atom is -0.355 e. The fraction of sp³-hybridized carbons (Fsp3) is 0.312. The third-order valence-electron chi connectivity index (χ3n) is 2.86. The normalized spacial score (nSPS) is 10.4. The predicted molar refractivity (Wildman–Crippen MR) is 88.4 cm³/mol. The van der Waals surface area contributed by atoms with E-state index >= 15 is 0 Å². The third kappa shape index (κ3) is 5.39. The lowest BCUT2D eigenvalue weighted by Gasteiger charge is -2.05. The lowest BCUT2D eigenvalue weighted by Crippen LogP contribution is -2.27. The number of benzene rings is 1. The highest BCUT2D eigenvalue weighted by atomic mass is 32.2. The van der Waals surface area contributed by atoms with Gasteiger partial charge in [0, 0.05) is 17.2 Å². The van der Waals surface area contributed by atoms with Gasteiger partial charge >= 0.3 is 0 Å². The molecule has 1 aromatic carbocycles. The van der Waals surface area contributed by atoms with Gasteiger partial charge in [0.15, 0.2) is 0 Å². The fourth-order valence-corrected chi connectivity index (χ4v) is 3.41. The van der Waals surface area contributed by atoms with E-state index in [2.05, 4.69) is 48.0 Å². The SMILES string of the molecule is Cc1cccc(CSCC(=O)NCCc2cccs2)c1. The average Bonchev–Trinajstić information content (AvgIpc) is 2.92. The molecule has 0 unspecified atom stereocenters. The van der Waals surface area contributed by atoms with Gasteiger partial charge < -0.3 is 5.32 Å². The molecule has 0 spiro atoms. The van der Waals surface area contributed by atoms with Crippen LogP contribution in [0.2, 0.25) is 0 Å². The summed E-state index contributed by atoms with van der Waals surface area (Å²) >= 11 is 3.40. The maximum Gasteiger partial charge on any atom is 0.230 e. The van der Waals surface area contributed by atoms with Crippen molar-refractivity contribution in [1.82, 2.24) is 5.32 Å². The second kappa shape index (κ2) is 8.12. The zero-order valence-corrected chi connectivity index (χ0v) is 13.2. The first kappa shape index (κ1) is 15.1. The minimum absolute atomic E-state index is 0.124. The summed E-state index contributed by atoms with van der Waals surface area (Å²) in [5, 5.41) is 5.03. The van der Waals surface area contributed by atoms with Gasteiger partial charge in [-0.15, -0.1) is 23.1 Å². The van der Waals surface area contributed by atoms with Gasteiger partial charge in [0.2, 0.25) is 5.91 Å². The monoisotopic (exact) mass is 305 g/mol. The Labute approximate surface area is 128 Å². The molecule has 0 aliphatic heterocycles. The number of thioether (sulfide) groups is 1. The van der Waals surface area contributed by atoms with Crippen LogP contribution >= 0.6 is 23.1 Å². The van der Waals surface area contributed by atoms with Crippen molar-refractivity contribution >= 4 is 29.0 Å². The number of rotatable bonds is 7. The Bertz CT molecular complexity index is 537. The summed E-state index contributed by atoms with van der Waals surface area (Å²) < 4.78 is 0. The molecule has 4 heteroatoms. The van der Waals surface area contributed by atoms with Crippen molar-refractivity contribution < 1.29 is 4.79 Å². The van der Waals surface area contributed by atoms with Crippen molar-refractivity contribution in [2.24, 2.45) is 0 Å². The van der Waals surface area contributed by atoms with E-state index in [1.165, 1.54) is 16.0 Å². The number of amides is 1. The van der Waals surface area contributed by atoms with Gasteiger partial charge in [-0.3, -0.25) is 4.79 Å². The van der Waals surface area contributed by atoms with Crippen molar-refractivity contribution in [2.75, 3.05) is 12.3 Å². The molecule has 1 amide bonds. The third-order valence-corrected chi connectivity index (χ3v) is 4.80. The molecule has 0 saturated heterocycles. The summed E-state index contributed by atoms with van der Waals surface area (Å²) in [5.41, 5.74) is 2.55. The minimum atomic E-state index is 0.124. The van der Waals surface area contributed by atoms with Crippen LogP contribution in [0, 0.1) is 6.92 Å². The van der Waals surface area contributed by atoms with E-state index in [4.69, 9.17) is 0 Å². The van der Waals surface area contributed by atoms with Crippen LogP contribution in [0.5, 0.6) is 0 Å². The Kier molecular flexibility index (Phi) is 6.15. The molecule has 2 nitrogen and oxygen atoms in total. The molecule has 0 fully saturated rings. The predicted octanol–water partition coefficient (Wildman–Crippen LogP) is 3.65. The van der Waals surface area contributed by atoms with Crippen LogP contribution in [-0.4, -0.2) is 18.2 Å². The first-order valence-corrected chi connectivity index (χ1v) is 8.70. The molecule has 0 radical (unpaired) electrons. The second-order valence-corrected chi connectivity index (χ2v) is 6.68. The number of nitrogens with one attached hydrogen (secondary N) is 1. The number of thiophene rings is 1. The number of carbonyl (C=O) groups is 1. The largest absolute Gasteiger partial charge is 0.355 e.